The van der Waals surface area contributed by atoms with Crippen LogP contribution in [-0.2, 0) is 0 Å². The zero-order valence-corrected chi connectivity index (χ0v) is 21.3. The molecule has 4 rings (SSSR count). The molecule has 0 aliphatic heterocycles. The largest absolute Gasteiger partial charge is 0.497 e. The van der Waals surface area contributed by atoms with E-state index in [0.29, 0.717) is 58.1 Å². The van der Waals surface area contributed by atoms with Crippen LogP contribution in [0.3, 0.4) is 0 Å². The van der Waals surface area contributed by atoms with E-state index in [2.05, 4.69) is 15.4 Å². The molecule has 3 aromatic carbocycles. The van der Waals surface area contributed by atoms with Gasteiger partial charge >= 0.3 is 0 Å². The van der Waals surface area contributed by atoms with Crippen molar-refractivity contribution in [2.75, 3.05) is 40.4 Å². The summed E-state index contributed by atoms with van der Waals surface area (Å²) in [4.78, 5) is 17.7. The SMILES string of the molecule is CCOc1ccc(NC(=O)c2nc(-c3cc(OC)c(OC)c(OC)c3)n(-c3cccc(OC)c3)n2)cc1. The van der Waals surface area contributed by atoms with Gasteiger partial charge in [0.1, 0.15) is 11.5 Å². The van der Waals surface area contributed by atoms with Gasteiger partial charge in [0.15, 0.2) is 17.3 Å². The molecule has 10 nitrogen and oxygen atoms in total. The normalized spacial score (nSPS) is 10.5. The van der Waals surface area contributed by atoms with Gasteiger partial charge in [-0.3, -0.25) is 4.79 Å². The maximum atomic E-state index is 13.1. The second-order valence-electron chi connectivity index (χ2n) is 7.70. The first-order chi connectivity index (χ1) is 18.0. The summed E-state index contributed by atoms with van der Waals surface area (Å²) in [6.45, 7) is 2.46. The van der Waals surface area contributed by atoms with E-state index in [9.17, 15) is 4.79 Å². The molecule has 0 aliphatic rings. The molecular formula is C27H28N4O6. The minimum atomic E-state index is -0.473. The van der Waals surface area contributed by atoms with Crippen molar-refractivity contribution in [2.45, 2.75) is 6.92 Å². The highest BCUT2D eigenvalue weighted by molar-refractivity contribution is 6.01. The molecule has 0 bridgehead atoms. The predicted octanol–water partition coefficient (Wildman–Crippen LogP) is 4.62. The lowest BCUT2D eigenvalue weighted by molar-refractivity contribution is 0.101. The monoisotopic (exact) mass is 504 g/mol. The van der Waals surface area contributed by atoms with E-state index in [1.165, 1.54) is 21.3 Å². The Kier molecular flexibility index (Phi) is 7.77. The molecule has 0 atom stereocenters. The van der Waals surface area contributed by atoms with Crippen LogP contribution in [0.1, 0.15) is 17.5 Å². The van der Waals surface area contributed by atoms with Crippen LogP contribution in [0.5, 0.6) is 28.7 Å². The summed E-state index contributed by atoms with van der Waals surface area (Å²) in [7, 11) is 6.17. The van der Waals surface area contributed by atoms with Gasteiger partial charge in [0.25, 0.3) is 5.91 Å². The number of carbonyl (C=O) groups excluding carboxylic acids is 1. The lowest BCUT2D eigenvalue weighted by Crippen LogP contribution is -2.14. The molecule has 0 saturated carbocycles. The van der Waals surface area contributed by atoms with Crippen molar-refractivity contribution in [2.24, 2.45) is 0 Å². The highest BCUT2D eigenvalue weighted by Gasteiger charge is 2.22. The van der Waals surface area contributed by atoms with Crippen LogP contribution in [0.4, 0.5) is 5.69 Å². The number of amides is 1. The van der Waals surface area contributed by atoms with Crippen molar-refractivity contribution in [1.29, 1.82) is 0 Å². The molecule has 0 saturated heterocycles. The fourth-order valence-electron chi connectivity index (χ4n) is 3.72. The Bertz CT molecular complexity index is 1360. The quantitative estimate of drug-likeness (QED) is 0.334. The number of ether oxygens (including phenoxy) is 5. The standard InChI is InChI=1S/C27H28N4O6/c1-6-37-20-12-10-18(11-13-20)28-27(32)25-29-26(31(30-25)19-8-7-9-21(16-19)33-2)17-14-22(34-3)24(36-5)23(15-17)35-4/h7-16H,6H2,1-5H3,(H,28,32). The molecule has 1 N–H and O–H groups in total. The van der Waals surface area contributed by atoms with Gasteiger partial charge in [0.05, 0.1) is 40.7 Å². The van der Waals surface area contributed by atoms with Crippen LogP contribution in [0.2, 0.25) is 0 Å². The zero-order valence-electron chi connectivity index (χ0n) is 21.3. The molecule has 0 spiro atoms. The van der Waals surface area contributed by atoms with Crippen molar-refractivity contribution < 1.29 is 28.5 Å². The van der Waals surface area contributed by atoms with Gasteiger partial charge in [-0.1, -0.05) is 6.07 Å². The Morgan fingerprint density at radius 2 is 1.57 bits per heavy atom. The second kappa shape index (κ2) is 11.3. The molecule has 1 heterocycles. The van der Waals surface area contributed by atoms with E-state index in [0.717, 1.165) is 0 Å². The summed E-state index contributed by atoms with van der Waals surface area (Å²) >= 11 is 0. The number of hydrogen-bond donors (Lipinski definition) is 1. The van der Waals surface area contributed by atoms with Crippen LogP contribution in [-0.4, -0.2) is 55.7 Å². The third kappa shape index (κ3) is 5.43. The van der Waals surface area contributed by atoms with Gasteiger partial charge in [-0.05, 0) is 55.5 Å². The third-order valence-electron chi connectivity index (χ3n) is 5.45. The summed E-state index contributed by atoms with van der Waals surface area (Å²) in [5.74, 6) is 2.56. The van der Waals surface area contributed by atoms with Crippen molar-refractivity contribution in [3.05, 3.63) is 66.5 Å². The first kappa shape index (κ1) is 25.4. The number of nitrogens with one attached hydrogen (secondary N) is 1. The smallest absolute Gasteiger partial charge is 0.295 e. The number of hydrogen-bond acceptors (Lipinski definition) is 8. The van der Waals surface area contributed by atoms with Crippen molar-refractivity contribution in [3.8, 4) is 45.8 Å². The topological polar surface area (TPSA) is 106 Å². The summed E-state index contributed by atoms with van der Waals surface area (Å²) in [5, 5.41) is 7.36. The highest BCUT2D eigenvalue weighted by atomic mass is 16.5. The molecule has 0 aliphatic carbocycles. The maximum absolute atomic E-state index is 13.1. The molecule has 0 fully saturated rings. The van der Waals surface area contributed by atoms with Crippen LogP contribution in [0, 0.1) is 0 Å². The van der Waals surface area contributed by atoms with E-state index >= 15 is 0 Å². The van der Waals surface area contributed by atoms with Gasteiger partial charge in [-0.15, -0.1) is 5.10 Å². The number of rotatable bonds is 10. The molecule has 0 unspecified atom stereocenters. The first-order valence-electron chi connectivity index (χ1n) is 11.5. The number of benzene rings is 3. The van der Waals surface area contributed by atoms with Gasteiger partial charge in [0.2, 0.25) is 11.6 Å². The number of anilines is 1. The molecule has 192 valence electrons. The summed E-state index contributed by atoms with van der Waals surface area (Å²) < 4.78 is 28.9. The average molecular weight is 505 g/mol. The van der Waals surface area contributed by atoms with E-state index in [-0.39, 0.29) is 5.82 Å². The fourth-order valence-corrected chi connectivity index (χ4v) is 3.72. The van der Waals surface area contributed by atoms with Gasteiger partial charge in [0, 0.05) is 17.3 Å². The maximum Gasteiger partial charge on any atom is 0.295 e. The lowest BCUT2D eigenvalue weighted by Gasteiger charge is -2.14. The van der Waals surface area contributed by atoms with Gasteiger partial charge < -0.3 is 29.0 Å². The second-order valence-corrected chi connectivity index (χ2v) is 7.70. The molecule has 4 aromatic rings. The Hall–Kier alpha value is -4.73. The van der Waals surface area contributed by atoms with Crippen molar-refractivity contribution in [1.82, 2.24) is 14.8 Å². The highest BCUT2D eigenvalue weighted by Crippen LogP contribution is 2.41. The van der Waals surface area contributed by atoms with Gasteiger partial charge in [-0.2, -0.15) is 0 Å². The van der Waals surface area contributed by atoms with E-state index in [1.807, 2.05) is 25.1 Å². The number of nitrogens with zero attached hydrogens (tertiary/aromatic N) is 3. The number of methoxy groups -OCH3 is 4. The molecular weight excluding hydrogens is 476 g/mol. The molecule has 37 heavy (non-hydrogen) atoms. The van der Waals surface area contributed by atoms with Crippen LogP contribution in [0.15, 0.2) is 60.7 Å². The molecule has 0 radical (unpaired) electrons. The van der Waals surface area contributed by atoms with Crippen LogP contribution >= 0.6 is 0 Å². The fraction of sp³-hybridized carbons (Fsp3) is 0.222. The van der Waals surface area contributed by atoms with Crippen molar-refractivity contribution in [3.63, 3.8) is 0 Å². The number of carbonyl (C=O) groups is 1. The third-order valence-corrected chi connectivity index (χ3v) is 5.45. The van der Waals surface area contributed by atoms with Gasteiger partial charge in [-0.25, -0.2) is 9.67 Å². The number of aromatic nitrogens is 3. The molecule has 1 amide bonds. The lowest BCUT2D eigenvalue weighted by atomic mass is 10.1. The minimum absolute atomic E-state index is 0.0274. The predicted molar refractivity (Wildman–Crippen MR) is 139 cm³/mol. The minimum Gasteiger partial charge on any atom is -0.497 e. The summed E-state index contributed by atoms with van der Waals surface area (Å²) in [6.07, 6.45) is 0. The molecule has 1 aromatic heterocycles. The molecule has 10 heteroatoms. The Labute approximate surface area is 214 Å². The van der Waals surface area contributed by atoms with E-state index in [1.54, 1.807) is 54.3 Å². The van der Waals surface area contributed by atoms with Crippen LogP contribution in [0.25, 0.3) is 17.1 Å². The van der Waals surface area contributed by atoms with E-state index < -0.39 is 5.91 Å². The Morgan fingerprint density at radius 1 is 0.865 bits per heavy atom. The Morgan fingerprint density at radius 3 is 2.16 bits per heavy atom. The average Bonchev–Trinajstić information content (AvgIpc) is 3.39. The zero-order chi connectivity index (χ0) is 26.4. The van der Waals surface area contributed by atoms with Crippen LogP contribution < -0.4 is 29.0 Å². The first-order valence-corrected chi connectivity index (χ1v) is 11.5. The summed E-state index contributed by atoms with van der Waals surface area (Å²) in [6, 6.07) is 17.8. The van der Waals surface area contributed by atoms with E-state index in [4.69, 9.17) is 23.7 Å². The summed E-state index contributed by atoms with van der Waals surface area (Å²) in [5.41, 5.74) is 1.83. The van der Waals surface area contributed by atoms with Crippen molar-refractivity contribution >= 4 is 11.6 Å². The Balaban J connectivity index is 1.79.